The largest absolute Gasteiger partial charge is 0.380 e. The van der Waals surface area contributed by atoms with Gasteiger partial charge in [0.05, 0.1) is 11.3 Å². The Bertz CT molecular complexity index is 1130. The molecule has 0 spiro atoms. The molecule has 0 bridgehead atoms. The van der Waals surface area contributed by atoms with Gasteiger partial charge in [-0.3, -0.25) is 9.78 Å². The van der Waals surface area contributed by atoms with Gasteiger partial charge < -0.3 is 16.4 Å². The Morgan fingerprint density at radius 2 is 1.82 bits per heavy atom. The lowest BCUT2D eigenvalue weighted by molar-refractivity contribution is 0.100. The van der Waals surface area contributed by atoms with Gasteiger partial charge >= 0.3 is 0 Å². The first-order chi connectivity index (χ1) is 13.7. The molecule has 4 aromatic rings. The average Bonchev–Trinajstić information content (AvgIpc) is 2.73. The molecular weight excluding hydrogens is 350 g/mol. The van der Waals surface area contributed by atoms with E-state index in [1.165, 1.54) is 6.20 Å². The fourth-order valence-corrected chi connectivity index (χ4v) is 2.97. The van der Waals surface area contributed by atoms with Crippen LogP contribution >= 0.6 is 0 Å². The highest BCUT2D eigenvalue weighted by atomic mass is 16.1. The van der Waals surface area contributed by atoms with Gasteiger partial charge in [-0.1, -0.05) is 36.4 Å². The zero-order chi connectivity index (χ0) is 19.3. The van der Waals surface area contributed by atoms with Crippen molar-refractivity contribution in [2.24, 2.45) is 5.73 Å². The topological polar surface area (TPSA) is 92.9 Å². The number of amides is 1. The Morgan fingerprint density at radius 3 is 2.64 bits per heavy atom. The Balaban J connectivity index is 1.59. The van der Waals surface area contributed by atoms with E-state index in [2.05, 4.69) is 20.6 Å². The van der Waals surface area contributed by atoms with Crippen molar-refractivity contribution in [2.75, 3.05) is 10.6 Å². The van der Waals surface area contributed by atoms with Crippen molar-refractivity contribution in [1.29, 1.82) is 0 Å². The molecule has 4 rings (SSSR count). The Hall–Kier alpha value is -3.93. The molecule has 1 amide bonds. The Morgan fingerprint density at radius 1 is 0.964 bits per heavy atom. The van der Waals surface area contributed by atoms with Crippen molar-refractivity contribution in [3.63, 3.8) is 0 Å². The maximum atomic E-state index is 11.8. The van der Waals surface area contributed by atoms with Gasteiger partial charge in [-0.25, -0.2) is 4.98 Å². The summed E-state index contributed by atoms with van der Waals surface area (Å²) in [6.07, 6.45) is 5.07. The number of carbonyl (C=O) groups is 1. The van der Waals surface area contributed by atoms with Gasteiger partial charge in [0.25, 0.3) is 5.91 Å². The first-order valence-electron chi connectivity index (χ1n) is 8.87. The van der Waals surface area contributed by atoms with Crippen molar-refractivity contribution in [3.8, 4) is 0 Å². The van der Waals surface area contributed by atoms with Crippen molar-refractivity contribution in [2.45, 2.75) is 6.54 Å². The van der Waals surface area contributed by atoms with Gasteiger partial charge in [0.2, 0.25) is 0 Å². The highest BCUT2D eigenvalue weighted by Crippen LogP contribution is 2.24. The van der Waals surface area contributed by atoms with E-state index in [1.807, 2.05) is 60.8 Å². The van der Waals surface area contributed by atoms with Crippen LogP contribution in [0.4, 0.5) is 17.2 Å². The fourth-order valence-electron chi connectivity index (χ4n) is 2.97. The lowest BCUT2D eigenvalue weighted by Gasteiger charge is -2.13. The van der Waals surface area contributed by atoms with E-state index >= 15 is 0 Å². The van der Waals surface area contributed by atoms with Crippen LogP contribution in [0.1, 0.15) is 15.9 Å². The number of carbonyl (C=O) groups excluding carboxylic acids is 1. The molecule has 2 aromatic heterocycles. The molecule has 0 saturated carbocycles. The molecule has 28 heavy (non-hydrogen) atoms. The second kappa shape index (κ2) is 7.75. The third-order valence-corrected chi connectivity index (χ3v) is 4.41. The maximum absolute atomic E-state index is 11.8. The van der Waals surface area contributed by atoms with E-state index in [-0.39, 0.29) is 0 Å². The van der Waals surface area contributed by atoms with Gasteiger partial charge in [0.15, 0.2) is 0 Å². The van der Waals surface area contributed by atoms with E-state index in [4.69, 9.17) is 5.73 Å². The number of hydrogen-bond donors (Lipinski definition) is 3. The molecule has 0 aliphatic rings. The minimum absolute atomic E-state index is 0.353. The number of rotatable bonds is 6. The van der Waals surface area contributed by atoms with Gasteiger partial charge in [-0.05, 0) is 29.1 Å². The normalized spacial score (nSPS) is 10.6. The molecule has 4 N–H and O–H groups in total. The summed E-state index contributed by atoms with van der Waals surface area (Å²) in [6.45, 7) is 0.577. The first kappa shape index (κ1) is 17.5. The van der Waals surface area contributed by atoms with E-state index in [9.17, 15) is 4.79 Å². The summed E-state index contributed by atoms with van der Waals surface area (Å²) in [5.74, 6) is 0.0989. The molecule has 2 heterocycles. The van der Waals surface area contributed by atoms with Crippen molar-refractivity contribution >= 4 is 33.9 Å². The van der Waals surface area contributed by atoms with Crippen LogP contribution in [-0.4, -0.2) is 15.9 Å². The number of nitrogens with one attached hydrogen (secondary N) is 2. The van der Waals surface area contributed by atoms with Crippen LogP contribution in [0.2, 0.25) is 0 Å². The molecule has 138 valence electrons. The number of hydrogen-bond acceptors (Lipinski definition) is 5. The number of nitrogens with zero attached hydrogens (tertiary/aromatic N) is 2. The van der Waals surface area contributed by atoms with Gasteiger partial charge in [0.1, 0.15) is 5.82 Å². The number of pyridine rings is 2. The summed E-state index contributed by atoms with van der Waals surface area (Å²) >= 11 is 0. The first-order valence-corrected chi connectivity index (χ1v) is 8.87. The summed E-state index contributed by atoms with van der Waals surface area (Å²) in [7, 11) is 0. The molecule has 6 nitrogen and oxygen atoms in total. The molecule has 0 unspecified atom stereocenters. The molecule has 0 aliphatic carbocycles. The number of aromatic nitrogens is 2. The zero-order valence-corrected chi connectivity index (χ0v) is 15.1. The quantitative estimate of drug-likeness (QED) is 0.476. The smallest absolute Gasteiger partial charge is 0.252 e. The number of anilines is 3. The number of benzene rings is 2. The summed E-state index contributed by atoms with van der Waals surface area (Å²) in [5, 5.41) is 8.70. The number of nitrogens with two attached hydrogens (primary N) is 1. The summed E-state index contributed by atoms with van der Waals surface area (Å²) < 4.78 is 0. The molecule has 2 aromatic carbocycles. The molecular formula is C22H19N5O. The molecule has 6 heteroatoms. The summed E-state index contributed by atoms with van der Waals surface area (Å²) in [6, 6.07) is 19.7. The van der Waals surface area contributed by atoms with E-state index in [0.717, 1.165) is 22.0 Å². The minimum Gasteiger partial charge on any atom is -0.380 e. The van der Waals surface area contributed by atoms with Crippen molar-refractivity contribution < 1.29 is 4.79 Å². The van der Waals surface area contributed by atoms with Crippen LogP contribution in [0.15, 0.2) is 79.3 Å². The van der Waals surface area contributed by atoms with Crippen LogP contribution in [0.5, 0.6) is 0 Å². The Kier molecular flexibility index (Phi) is 4.84. The summed E-state index contributed by atoms with van der Waals surface area (Å²) in [5.41, 5.74) is 8.49. The van der Waals surface area contributed by atoms with E-state index in [0.29, 0.717) is 23.6 Å². The second-order valence-electron chi connectivity index (χ2n) is 6.38. The van der Waals surface area contributed by atoms with Gasteiger partial charge in [-0.2, -0.15) is 0 Å². The highest BCUT2D eigenvalue weighted by molar-refractivity contribution is 5.98. The third kappa shape index (κ3) is 3.91. The van der Waals surface area contributed by atoms with Crippen LogP contribution in [0.3, 0.4) is 0 Å². The van der Waals surface area contributed by atoms with Crippen LogP contribution < -0.4 is 16.4 Å². The molecule has 0 saturated heterocycles. The maximum Gasteiger partial charge on any atom is 0.252 e. The second-order valence-corrected chi connectivity index (χ2v) is 6.38. The van der Waals surface area contributed by atoms with E-state index in [1.54, 1.807) is 12.3 Å². The van der Waals surface area contributed by atoms with Crippen LogP contribution in [0.25, 0.3) is 10.8 Å². The van der Waals surface area contributed by atoms with Crippen LogP contribution in [0, 0.1) is 0 Å². The molecule has 0 aliphatic heterocycles. The minimum atomic E-state index is -0.521. The lowest BCUT2D eigenvalue weighted by Crippen LogP contribution is -2.15. The predicted octanol–water partition coefficient (Wildman–Crippen LogP) is 4.08. The van der Waals surface area contributed by atoms with Gasteiger partial charge in [-0.15, -0.1) is 0 Å². The zero-order valence-electron chi connectivity index (χ0n) is 15.1. The molecule has 0 radical (unpaired) electrons. The molecule has 0 fully saturated rings. The monoisotopic (exact) mass is 369 g/mol. The Labute approximate surface area is 162 Å². The highest BCUT2D eigenvalue weighted by Gasteiger charge is 2.11. The van der Waals surface area contributed by atoms with Crippen molar-refractivity contribution in [1.82, 2.24) is 9.97 Å². The SMILES string of the molecule is NC(=O)c1cnc(Nc2ccc3cnccc3c2)cc1NCc1ccccc1. The molecule has 0 atom stereocenters. The third-order valence-electron chi connectivity index (χ3n) is 4.41. The average molecular weight is 369 g/mol. The van der Waals surface area contributed by atoms with Crippen LogP contribution in [-0.2, 0) is 6.54 Å². The van der Waals surface area contributed by atoms with E-state index < -0.39 is 5.91 Å². The predicted molar refractivity (Wildman–Crippen MR) is 112 cm³/mol. The fraction of sp³-hybridized carbons (Fsp3) is 0.0455. The number of primary amides is 1. The van der Waals surface area contributed by atoms with Gasteiger partial charge in [0, 0.05) is 42.3 Å². The standard InChI is InChI=1S/C22H19N5O/c23-22(28)19-14-26-21(11-20(19)25-12-15-4-2-1-3-5-15)27-18-7-6-17-13-24-9-8-16(17)10-18/h1-11,13-14H,12H2,(H2,23,28)(H2,25,26,27). The lowest BCUT2D eigenvalue weighted by atomic mass is 10.1. The number of fused-ring (bicyclic) bond motifs is 1. The summed E-state index contributed by atoms with van der Waals surface area (Å²) in [4.78, 5) is 20.2. The van der Waals surface area contributed by atoms with Crippen molar-refractivity contribution in [3.05, 3.63) is 90.4 Å².